The molecule has 1 aliphatic rings. The highest BCUT2D eigenvalue weighted by Crippen LogP contribution is 2.33. The van der Waals surface area contributed by atoms with E-state index in [0.29, 0.717) is 6.42 Å². The van der Waals surface area contributed by atoms with E-state index in [2.05, 4.69) is 5.32 Å². The topological polar surface area (TPSA) is 103 Å². The molecule has 1 fully saturated rings. The van der Waals surface area contributed by atoms with Gasteiger partial charge in [-0.1, -0.05) is 17.7 Å². The zero-order valence-electron chi connectivity index (χ0n) is 17.9. The first-order chi connectivity index (χ1) is 15.6. The molecule has 0 bridgehead atoms. The highest BCUT2D eigenvalue weighted by molar-refractivity contribution is 7.91. The maximum absolute atomic E-state index is 14.4. The van der Waals surface area contributed by atoms with E-state index in [-0.39, 0.29) is 50.1 Å². The molecule has 2 heterocycles. The molecule has 0 saturated carbocycles. The molecule has 174 valence electrons. The number of nitrogens with one attached hydrogen (secondary N) is 1. The summed E-state index contributed by atoms with van der Waals surface area (Å²) in [5.41, 5.74) is -0.216. The molecule has 1 N–H and O–H groups in total. The molecular weight excluding hydrogens is 473 g/mol. The summed E-state index contributed by atoms with van der Waals surface area (Å²) >= 11 is 6.14. The lowest BCUT2D eigenvalue weighted by Gasteiger charge is -2.17. The number of hydrogen-bond donors (Lipinski definition) is 1. The van der Waals surface area contributed by atoms with Gasteiger partial charge >= 0.3 is 0 Å². The Morgan fingerprint density at radius 2 is 2.03 bits per heavy atom. The number of halogens is 2. The summed E-state index contributed by atoms with van der Waals surface area (Å²) < 4.78 is 49.0. The predicted molar refractivity (Wildman–Crippen MR) is 123 cm³/mol. The minimum atomic E-state index is -3.12. The average molecular weight is 494 g/mol. The molecule has 0 spiro atoms. The van der Waals surface area contributed by atoms with Crippen LogP contribution in [0, 0.1) is 12.7 Å². The highest BCUT2D eigenvalue weighted by atomic mass is 35.5. The van der Waals surface area contributed by atoms with Gasteiger partial charge in [-0.15, -0.1) is 0 Å². The summed E-state index contributed by atoms with van der Waals surface area (Å²) in [6.45, 7) is 3.08. The van der Waals surface area contributed by atoms with Crippen LogP contribution in [0.25, 0.3) is 22.1 Å². The summed E-state index contributed by atoms with van der Waals surface area (Å²) in [5.74, 6) is -0.643. The first-order valence-corrected chi connectivity index (χ1v) is 12.4. The molecule has 2 atom stereocenters. The summed E-state index contributed by atoms with van der Waals surface area (Å²) in [4.78, 5) is 25.5. The van der Waals surface area contributed by atoms with Gasteiger partial charge in [-0.05, 0) is 44.5 Å². The van der Waals surface area contributed by atoms with Crippen molar-refractivity contribution in [2.75, 3.05) is 11.5 Å². The maximum Gasteiger partial charge on any atom is 0.261 e. The second kappa shape index (κ2) is 8.79. The van der Waals surface area contributed by atoms with E-state index in [1.165, 1.54) is 50.2 Å². The van der Waals surface area contributed by atoms with Crippen LogP contribution in [0.4, 0.5) is 4.39 Å². The lowest BCUT2D eigenvalue weighted by Crippen LogP contribution is -2.43. The molecule has 0 aliphatic carbocycles. The minimum Gasteiger partial charge on any atom is -0.481 e. The number of sulfone groups is 1. The van der Waals surface area contributed by atoms with Crippen molar-refractivity contribution in [3.8, 4) is 16.9 Å². The molecule has 7 nitrogen and oxygen atoms in total. The highest BCUT2D eigenvalue weighted by Gasteiger charge is 2.30. The van der Waals surface area contributed by atoms with E-state index in [9.17, 15) is 22.4 Å². The quantitative estimate of drug-likeness (QED) is 0.582. The van der Waals surface area contributed by atoms with Gasteiger partial charge in [-0.25, -0.2) is 12.8 Å². The van der Waals surface area contributed by atoms with Crippen LogP contribution in [0.3, 0.4) is 0 Å². The normalized spacial score (nSPS) is 18.2. The van der Waals surface area contributed by atoms with E-state index >= 15 is 0 Å². The molecule has 1 saturated heterocycles. The molecule has 1 amide bonds. The predicted octanol–water partition coefficient (Wildman–Crippen LogP) is 3.63. The second-order valence-electron chi connectivity index (χ2n) is 7.99. The maximum atomic E-state index is 14.4. The number of hydrogen-bond acceptors (Lipinski definition) is 6. The molecule has 10 heteroatoms. The molecule has 3 aromatic rings. The Kier molecular flexibility index (Phi) is 6.20. The standard InChI is InChI=1S/C23H21ClFNO6S/c1-12-20(21-17(24)4-3-5-18(21)25)22(27)16-7-6-15(10-19(16)32-12)31-13(2)23(28)26-14-8-9-33(29,30)11-14/h3-7,10,13-14H,8-9,11H2,1-2H3,(H,26,28)/t13-,14-/m0/s1. The summed E-state index contributed by atoms with van der Waals surface area (Å²) in [6.07, 6.45) is -0.537. The van der Waals surface area contributed by atoms with Gasteiger partial charge in [0.05, 0.1) is 27.5 Å². The van der Waals surface area contributed by atoms with Crippen molar-refractivity contribution < 1.29 is 26.8 Å². The van der Waals surface area contributed by atoms with Gasteiger partial charge in [0.25, 0.3) is 5.91 Å². The Balaban J connectivity index is 1.59. The largest absolute Gasteiger partial charge is 0.481 e. The van der Waals surface area contributed by atoms with Gasteiger partial charge in [0.15, 0.2) is 15.9 Å². The Morgan fingerprint density at radius 1 is 1.27 bits per heavy atom. The zero-order valence-corrected chi connectivity index (χ0v) is 19.4. The van der Waals surface area contributed by atoms with Crippen molar-refractivity contribution in [1.29, 1.82) is 0 Å². The van der Waals surface area contributed by atoms with E-state index < -0.39 is 39.1 Å². The van der Waals surface area contributed by atoms with Gasteiger partial charge in [0, 0.05) is 17.7 Å². The Labute approximate surface area is 194 Å². The fourth-order valence-electron chi connectivity index (χ4n) is 3.87. The number of aryl methyl sites for hydroxylation is 1. The summed E-state index contributed by atoms with van der Waals surface area (Å²) in [7, 11) is -3.12. The van der Waals surface area contributed by atoms with Gasteiger partial charge in [-0.3, -0.25) is 9.59 Å². The Bertz CT molecular complexity index is 1400. The first-order valence-electron chi connectivity index (χ1n) is 10.2. The molecule has 1 aromatic heterocycles. The number of carbonyl (C=O) groups excluding carboxylic acids is 1. The van der Waals surface area contributed by atoms with Crippen molar-refractivity contribution in [3.63, 3.8) is 0 Å². The van der Waals surface area contributed by atoms with E-state index in [4.69, 9.17) is 20.8 Å². The van der Waals surface area contributed by atoms with Crippen LogP contribution in [0.2, 0.25) is 5.02 Å². The van der Waals surface area contributed by atoms with Crippen molar-refractivity contribution >= 4 is 38.3 Å². The molecule has 0 unspecified atom stereocenters. The van der Waals surface area contributed by atoms with E-state index in [1.807, 2.05) is 0 Å². The van der Waals surface area contributed by atoms with Gasteiger partial charge in [0.2, 0.25) is 5.43 Å². The lowest BCUT2D eigenvalue weighted by atomic mass is 10.0. The third kappa shape index (κ3) is 4.74. The zero-order chi connectivity index (χ0) is 23.9. The van der Waals surface area contributed by atoms with Crippen molar-refractivity contribution in [1.82, 2.24) is 5.32 Å². The molecule has 2 aromatic carbocycles. The van der Waals surface area contributed by atoms with Crippen LogP contribution in [0.5, 0.6) is 5.75 Å². The number of rotatable bonds is 5. The van der Waals surface area contributed by atoms with Gasteiger partial charge in [0.1, 0.15) is 22.9 Å². The third-order valence-corrected chi connectivity index (χ3v) is 7.60. The molecule has 33 heavy (non-hydrogen) atoms. The average Bonchev–Trinajstić information content (AvgIpc) is 3.08. The summed E-state index contributed by atoms with van der Waals surface area (Å²) in [6, 6.07) is 8.18. The molecule has 0 radical (unpaired) electrons. The van der Waals surface area contributed by atoms with Crippen LogP contribution >= 0.6 is 11.6 Å². The smallest absolute Gasteiger partial charge is 0.261 e. The van der Waals surface area contributed by atoms with Crippen LogP contribution < -0.4 is 15.5 Å². The van der Waals surface area contributed by atoms with Crippen molar-refractivity contribution in [2.45, 2.75) is 32.4 Å². The number of benzene rings is 2. The number of ether oxygens (including phenoxy) is 1. The SMILES string of the molecule is Cc1oc2cc(O[C@@H](C)C(=O)N[C@H]3CCS(=O)(=O)C3)ccc2c(=O)c1-c1c(F)cccc1Cl. The van der Waals surface area contributed by atoms with Crippen LogP contribution in [0.1, 0.15) is 19.1 Å². The first kappa shape index (κ1) is 23.3. The third-order valence-electron chi connectivity index (χ3n) is 5.51. The Morgan fingerprint density at radius 3 is 2.70 bits per heavy atom. The van der Waals surface area contributed by atoms with Crippen LogP contribution in [0.15, 0.2) is 45.6 Å². The monoisotopic (exact) mass is 493 g/mol. The van der Waals surface area contributed by atoms with Crippen molar-refractivity contribution in [3.05, 3.63) is 63.2 Å². The van der Waals surface area contributed by atoms with Crippen molar-refractivity contribution in [2.24, 2.45) is 0 Å². The number of carbonyl (C=O) groups is 1. The molecule has 4 rings (SSSR count). The number of amides is 1. The Hall–Kier alpha value is -2.91. The second-order valence-corrected chi connectivity index (χ2v) is 10.6. The summed E-state index contributed by atoms with van der Waals surface area (Å²) in [5, 5.41) is 2.98. The lowest BCUT2D eigenvalue weighted by molar-refractivity contribution is -0.127. The van der Waals surface area contributed by atoms with Gasteiger partial charge < -0.3 is 14.5 Å². The molecular formula is C23H21ClFNO6S. The molecule has 1 aliphatic heterocycles. The fourth-order valence-corrected chi connectivity index (χ4v) is 5.80. The number of fused-ring (bicyclic) bond motifs is 1. The van der Waals surface area contributed by atoms with Crippen LogP contribution in [-0.2, 0) is 14.6 Å². The van der Waals surface area contributed by atoms with Crippen LogP contribution in [-0.4, -0.2) is 38.0 Å². The van der Waals surface area contributed by atoms with Gasteiger partial charge in [-0.2, -0.15) is 0 Å². The fraction of sp³-hybridized carbons (Fsp3) is 0.304. The minimum absolute atomic E-state index is 0.0214. The van der Waals surface area contributed by atoms with E-state index in [1.54, 1.807) is 0 Å². The van der Waals surface area contributed by atoms with E-state index in [0.717, 1.165) is 0 Å².